The third-order valence-electron chi connectivity index (χ3n) is 5.93. The summed E-state index contributed by atoms with van der Waals surface area (Å²) in [4.78, 5) is 15.2. The fourth-order valence-electron chi connectivity index (χ4n) is 4.24. The van der Waals surface area contributed by atoms with Gasteiger partial charge < -0.3 is 10.1 Å². The molecule has 0 aromatic heterocycles. The summed E-state index contributed by atoms with van der Waals surface area (Å²) < 4.78 is 5.61. The van der Waals surface area contributed by atoms with Crippen LogP contribution < -0.4 is 5.32 Å². The second-order valence-electron chi connectivity index (χ2n) is 7.68. The van der Waals surface area contributed by atoms with E-state index in [4.69, 9.17) is 4.74 Å². The summed E-state index contributed by atoms with van der Waals surface area (Å²) in [5.74, 6) is 0.418. The van der Waals surface area contributed by atoms with Gasteiger partial charge in [0.25, 0.3) is 0 Å². The van der Waals surface area contributed by atoms with E-state index in [9.17, 15) is 4.79 Å². The number of likely N-dealkylation sites (tertiary alicyclic amines) is 1. The van der Waals surface area contributed by atoms with Crippen molar-refractivity contribution in [3.63, 3.8) is 0 Å². The number of amides is 1. The highest BCUT2D eigenvalue weighted by Gasteiger charge is 2.39. The van der Waals surface area contributed by atoms with Gasteiger partial charge in [-0.15, -0.1) is 0 Å². The number of hydrogen-bond acceptors (Lipinski definition) is 3. The maximum atomic E-state index is 12.5. The molecule has 2 aliphatic rings. The number of hydrogen-bond donors (Lipinski definition) is 1. The van der Waals surface area contributed by atoms with Gasteiger partial charge in [0.1, 0.15) is 0 Å². The molecule has 0 aliphatic carbocycles. The van der Waals surface area contributed by atoms with E-state index >= 15 is 0 Å². The van der Waals surface area contributed by atoms with Crippen LogP contribution in [-0.2, 0) is 9.53 Å². The van der Waals surface area contributed by atoms with Gasteiger partial charge in [-0.25, -0.2) is 0 Å². The van der Waals surface area contributed by atoms with Gasteiger partial charge in [0.15, 0.2) is 0 Å². The molecule has 1 atom stereocenters. The van der Waals surface area contributed by atoms with Gasteiger partial charge in [-0.3, -0.25) is 9.69 Å². The second kappa shape index (κ2) is 8.81. The summed E-state index contributed by atoms with van der Waals surface area (Å²) in [5.41, 5.74) is 1.33. The van der Waals surface area contributed by atoms with Crippen molar-refractivity contribution >= 4 is 5.91 Å². The number of carbonyl (C=O) groups excluding carboxylic acids is 1. The lowest BCUT2D eigenvalue weighted by Crippen LogP contribution is -2.59. The third kappa shape index (κ3) is 4.83. The number of carbonyl (C=O) groups is 1. The summed E-state index contributed by atoms with van der Waals surface area (Å²) >= 11 is 0. The Kier molecular flexibility index (Phi) is 6.49. The predicted octanol–water partition coefficient (Wildman–Crippen LogP) is 3.33. The highest BCUT2D eigenvalue weighted by Crippen LogP contribution is 2.30. The van der Waals surface area contributed by atoms with E-state index in [2.05, 4.69) is 29.3 Å². The molecule has 138 valence electrons. The van der Waals surface area contributed by atoms with E-state index in [-0.39, 0.29) is 17.4 Å². The molecule has 2 fully saturated rings. The molecule has 1 unspecified atom stereocenters. The highest BCUT2D eigenvalue weighted by molar-refractivity contribution is 5.76. The molecule has 2 heterocycles. The molecular weight excluding hydrogens is 312 g/mol. The van der Waals surface area contributed by atoms with Crippen LogP contribution in [0.4, 0.5) is 0 Å². The predicted molar refractivity (Wildman–Crippen MR) is 101 cm³/mol. The van der Waals surface area contributed by atoms with Crippen molar-refractivity contribution in [1.29, 1.82) is 0 Å². The molecule has 2 aliphatic heterocycles. The Morgan fingerprint density at radius 3 is 2.52 bits per heavy atom. The molecule has 1 amide bonds. The Labute approximate surface area is 151 Å². The molecule has 25 heavy (non-hydrogen) atoms. The quantitative estimate of drug-likeness (QED) is 0.861. The third-order valence-corrected chi connectivity index (χ3v) is 5.93. The zero-order valence-corrected chi connectivity index (χ0v) is 15.5. The fraction of sp³-hybridized carbons (Fsp3) is 0.667. The van der Waals surface area contributed by atoms with Gasteiger partial charge in [0.2, 0.25) is 5.91 Å². The largest absolute Gasteiger partial charge is 0.381 e. The number of benzene rings is 1. The minimum Gasteiger partial charge on any atom is -0.381 e. The van der Waals surface area contributed by atoms with Crippen LogP contribution in [0.15, 0.2) is 30.3 Å². The van der Waals surface area contributed by atoms with Gasteiger partial charge in [-0.1, -0.05) is 43.7 Å². The second-order valence-corrected chi connectivity index (χ2v) is 7.68. The molecule has 4 nitrogen and oxygen atoms in total. The van der Waals surface area contributed by atoms with Crippen LogP contribution in [0.25, 0.3) is 0 Å². The molecule has 4 heteroatoms. The minimum atomic E-state index is 0.102. The zero-order chi connectivity index (χ0) is 17.5. The summed E-state index contributed by atoms with van der Waals surface area (Å²) in [6, 6.07) is 10.3. The first-order chi connectivity index (χ1) is 12.2. The molecule has 0 radical (unpaired) electrons. The number of nitrogens with zero attached hydrogens (tertiary/aromatic N) is 1. The molecule has 0 saturated carbocycles. The first kappa shape index (κ1) is 18.4. The van der Waals surface area contributed by atoms with Crippen LogP contribution in [0, 0.1) is 0 Å². The molecule has 0 spiro atoms. The van der Waals surface area contributed by atoms with Gasteiger partial charge in [-0.05, 0) is 50.3 Å². The highest BCUT2D eigenvalue weighted by atomic mass is 16.5. The topological polar surface area (TPSA) is 41.6 Å². The molecule has 2 saturated heterocycles. The summed E-state index contributed by atoms with van der Waals surface area (Å²) in [5, 5.41) is 3.26. The van der Waals surface area contributed by atoms with E-state index in [0.717, 1.165) is 45.7 Å². The number of ether oxygens (including phenoxy) is 1. The Morgan fingerprint density at radius 2 is 1.84 bits per heavy atom. The van der Waals surface area contributed by atoms with Crippen LogP contribution in [0.5, 0.6) is 0 Å². The molecule has 1 N–H and O–H groups in total. The van der Waals surface area contributed by atoms with E-state index in [1.165, 1.54) is 24.8 Å². The van der Waals surface area contributed by atoms with E-state index < -0.39 is 0 Å². The minimum absolute atomic E-state index is 0.102. The summed E-state index contributed by atoms with van der Waals surface area (Å²) in [6.45, 7) is 6.84. The number of rotatable bonds is 6. The van der Waals surface area contributed by atoms with Crippen molar-refractivity contribution in [3.05, 3.63) is 35.9 Å². The van der Waals surface area contributed by atoms with Gasteiger partial charge in [0.05, 0.1) is 0 Å². The maximum Gasteiger partial charge on any atom is 0.220 e. The van der Waals surface area contributed by atoms with E-state index in [1.54, 1.807) is 0 Å². The fourth-order valence-corrected chi connectivity index (χ4v) is 4.24. The molecule has 0 bridgehead atoms. The van der Waals surface area contributed by atoms with Crippen molar-refractivity contribution in [2.45, 2.75) is 56.9 Å². The Balaban J connectivity index is 1.56. The van der Waals surface area contributed by atoms with Crippen molar-refractivity contribution in [2.75, 3.05) is 32.8 Å². The summed E-state index contributed by atoms with van der Waals surface area (Å²) in [7, 11) is 0. The van der Waals surface area contributed by atoms with Gasteiger partial charge in [0, 0.05) is 31.7 Å². The lowest BCUT2D eigenvalue weighted by Gasteiger charge is -2.48. The van der Waals surface area contributed by atoms with E-state index in [1.807, 2.05) is 18.2 Å². The first-order valence-corrected chi connectivity index (χ1v) is 9.84. The zero-order valence-electron chi connectivity index (χ0n) is 15.5. The van der Waals surface area contributed by atoms with Crippen LogP contribution >= 0.6 is 0 Å². The van der Waals surface area contributed by atoms with Crippen molar-refractivity contribution in [2.24, 2.45) is 0 Å². The van der Waals surface area contributed by atoms with E-state index in [0.29, 0.717) is 6.42 Å². The lowest BCUT2D eigenvalue weighted by atomic mass is 9.86. The Hall–Kier alpha value is -1.39. The van der Waals surface area contributed by atoms with Gasteiger partial charge >= 0.3 is 0 Å². The van der Waals surface area contributed by atoms with Crippen molar-refractivity contribution in [3.8, 4) is 0 Å². The van der Waals surface area contributed by atoms with Crippen LogP contribution in [0.3, 0.4) is 0 Å². The Bertz CT molecular complexity index is 534. The normalized spacial score (nSPS) is 22.3. The molecule has 3 rings (SSSR count). The maximum absolute atomic E-state index is 12.5. The molecule has 1 aromatic rings. The Morgan fingerprint density at radius 1 is 1.16 bits per heavy atom. The number of piperidine rings is 1. The van der Waals surface area contributed by atoms with Crippen LogP contribution in [0.1, 0.15) is 56.9 Å². The standard InChI is InChI=1S/C21H32N2O2/c1-18(19-8-4-2-5-9-19)16-20(24)22-17-21(10-14-25-15-11-21)23-12-6-3-7-13-23/h2,4-5,8-9,18H,3,6-7,10-17H2,1H3,(H,22,24). The average molecular weight is 344 g/mol. The number of nitrogens with one attached hydrogen (secondary N) is 1. The lowest BCUT2D eigenvalue weighted by molar-refractivity contribution is -0.123. The van der Waals surface area contributed by atoms with Crippen molar-refractivity contribution < 1.29 is 9.53 Å². The average Bonchev–Trinajstić information content (AvgIpc) is 2.68. The SMILES string of the molecule is CC(CC(=O)NCC1(N2CCCCC2)CCOCC1)c1ccccc1. The van der Waals surface area contributed by atoms with Crippen LogP contribution in [0.2, 0.25) is 0 Å². The summed E-state index contributed by atoms with van der Waals surface area (Å²) in [6.07, 6.45) is 6.51. The van der Waals surface area contributed by atoms with Crippen LogP contribution in [-0.4, -0.2) is 49.2 Å². The smallest absolute Gasteiger partial charge is 0.220 e. The monoisotopic (exact) mass is 344 g/mol. The first-order valence-electron chi connectivity index (χ1n) is 9.84. The molecular formula is C21H32N2O2. The van der Waals surface area contributed by atoms with Crippen molar-refractivity contribution in [1.82, 2.24) is 10.2 Å². The molecule has 1 aromatic carbocycles. The van der Waals surface area contributed by atoms with Gasteiger partial charge in [-0.2, -0.15) is 0 Å².